The lowest BCUT2D eigenvalue weighted by molar-refractivity contribution is 0.0975. The van der Waals surface area contributed by atoms with E-state index in [1.807, 2.05) is 19.9 Å². The van der Waals surface area contributed by atoms with Crippen LogP contribution < -0.4 is 15.4 Å². The predicted molar refractivity (Wildman–Crippen MR) is 115 cm³/mol. The highest BCUT2D eigenvalue weighted by atomic mass is 32.2. The Kier molecular flexibility index (Phi) is 6.64. The Morgan fingerprint density at radius 1 is 1.30 bits per heavy atom. The molecule has 0 unspecified atom stereocenters. The highest BCUT2D eigenvalue weighted by Gasteiger charge is 2.31. The van der Waals surface area contributed by atoms with Crippen LogP contribution in [0.1, 0.15) is 33.1 Å². The molecule has 2 aliphatic rings. The molecular weight excluding hydrogens is 411 g/mol. The molecule has 1 fully saturated rings. The van der Waals surface area contributed by atoms with Crippen molar-refractivity contribution >= 4 is 33.3 Å². The number of ether oxygens (including phenoxy) is 1. The molecule has 0 radical (unpaired) electrons. The highest BCUT2D eigenvalue weighted by Crippen LogP contribution is 2.35. The molecule has 3 N–H and O–H groups in total. The number of halogens is 1. The minimum Gasteiger partial charge on any atom is -0.446 e. The maximum absolute atomic E-state index is 14.3. The number of carbonyl (C=O) groups excluding carboxylic acids is 1. The van der Waals surface area contributed by atoms with Crippen molar-refractivity contribution in [2.24, 2.45) is 10.9 Å². The molecule has 30 heavy (non-hydrogen) atoms. The van der Waals surface area contributed by atoms with E-state index in [1.165, 1.54) is 12.1 Å². The first-order chi connectivity index (χ1) is 14.1. The molecule has 1 aliphatic heterocycles. The fourth-order valence-corrected chi connectivity index (χ4v) is 4.16. The molecule has 0 spiro atoms. The van der Waals surface area contributed by atoms with E-state index in [1.54, 1.807) is 0 Å². The fraction of sp³-hybridized carbons (Fsp3) is 0.500. The van der Waals surface area contributed by atoms with Crippen LogP contribution in [0, 0.1) is 11.7 Å². The van der Waals surface area contributed by atoms with Gasteiger partial charge in [-0.1, -0.05) is 0 Å². The number of alkyl carbamates (subject to hydrolysis) is 1. The summed E-state index contributed by atoms with van der Waals surface area (Å²) in [6, 6.07) is 4.09. The molecule has 10 heteroatoms. The van der Waals surface area contributed by atoms with Gasteiger partial charge in [0.2, 0.25) is 10.0 Å². The maximum atomic E-state index is 14.3. The van der Waals surface area contributed by atoms with Crippen molar-refractivity contribution in [1.29, 1.82) is 0 Å². The summed E-state index contributed by atoms with van der Waals surface area (Å²) in [6.45, 7) is 4.28. The van der Waals surface area contributed by atoms with Crippen LogP contribution in [0.3, 0.4) is 0 Å². The molecule has 0 saturated heterocycles. The van der Waals surface area contributed by atoms with Crippen molar-refractivity contribution in [1.82, 2.24) is 5.32 Å². The van der Waals surface area contributed by atoms with Crippen molar-refractivity contribution in [2.75, 3.05) is 22.8 Å². The normalized spacial score (nSPS) is 21.2. The summed E-state index contributed by atoms with van der Waals surface area (Å²) in [7, 11) is -3.47. The lowest BCUT2D eigenvalue weighted by Crippen LogP contribution is -2.33. The van der Waals surface area contributed by atoms with E-state index in [0.29, 0.717) is 12.4 Å². The molecule has 2 atom stereocenters. The number of hydrogen-bond acceptors (Lipinski definition) is 6. The number of hydrogen-bond donors (Lipinski definition) is 3. The van der Waals surface area contributed by atoms with Crippen molar-refractivity contribution < 1.29 is 22.3 Å². The Hall–Kier alpha value is -2.62. The lowest BCUT2D eigenvalue weighted by atomic mass is 9.98. The second kappa shape index (κ2) is 9.03. The average molecular weight is 439 g/mol. The molecule has 0 bridgehead atoms. The fourth-order valence-electron chi connectivity index (χ4n) is 3.60. The molecule has 8 nitrogen and oxygen atoms in total. The summed E-state index contributed by atoms with van der Waals surface area (Å²) in [5.74, 6) is 0.240. The molecule has 1 amide bonds. The first kappa shape index (κ1) is 22.1. The van der Waals surface area contributed by atoms with E-state index >= 15 is 0 Å². The number of benzene rings is 1. The van der Waals surface area contributed by atoms with E-state index in [4.69, 9.17) is 4.74 Å². The topological polar surface area (TPSA) is 109 Å². The van der Waals surface area contributed by atoms with Crippen molar-refractivity contribution in [3.8, 4) is 0 Å². The predicted octanol–water partition coefficient (Wildman–Crippen LogP) is 3.25. The number of anilines is 2. The van der Waals surface area contributed by atoms with Crippen LogP contribution in [-0.2, 0) is 14.8 Å². The number of nitrogens with zero attached hydrogens (tertiary/aromatic N) is 1. The van der Waals surface area contributed by atoms with Gasteiger partial charge in [0, 0.05) is 12.1 Å². The quantitative estimate of drug-likeness (QED) is 0.632. The summed E-state index contributed by atoms with van der Waals surface area (Å²) < 4.78 is 44.5. The molecule has 3 rings (SSSR count). The molecule has 0 aromatic heterocycles. The minimum absolute atomic E-state index is 0.0332. The van der Waals surface area contributed by atoms with Crippen LogP contribution in [0.2, 0.25) is 0 Å². The number of amidine groups is 1. The molecule has 164 valence electrons. The Morgan fingerprint density at radius 2 is 2.07 bits per heavy atom. The van der Waals surface area contributed by atoms with Gasteiger partial charge >= 0.3 is 6.09 Å². The van der Waals surface area contributed by atoms with Crippen LogP contribution in [0.15, 0.2) is 34.8 Å². The van der Waals surface area contributed by atoms with E-state index < -0.39 is 15.8 Å². The van der Waals surface area contributed by atoms with Crippen LogP contribution in [-0.4, -0.2) is 45.3 Å². The third-order valence-corrected chi connectivity index (χ3v) is 5.48. The van der Waals surface area contributed by atoms with Gasteiger partial charge < -0.3 is 15.4 Å². The third kappa shape index (κ3) is 6.19. The number of nitrogens with one attached hydrogen (secondary N) is 3. The molecule has 1 aromatic rings. The maximum Gasteiger partial charge on any atom is 0.407 e. The summed E-state index contributed by atoms with van der Waals surface area (Å²) in [4.78, 5) is 16.2. The Labute approximate surface area is 176 Å². The zero-order chi connectivity index (χ0) is 21.9. The van der Waals surface area contributed by atoms with Gasteiger partial charge in [0.1, 0.15) is 17.8 Å². The first-order valence-electron chi connectivity index (χ1n) is 9.85. The Morgan fingerprint density at radius 3 is 2.73 bits per heavy atom. The molecular formula is C20H27FN4O4S. The first-order valence-corrected chi connectivity index (χ1v) is 11.7. The van der Waals surface area contributed by atoms with Crippen molar-refractivity contribution in [3.63, 3.8) is 0 Å². The number of amides is 1. The van der Waals surface area contributed by atoms with E-state index in [2.05, 4.69) is 20.3 Å². The van der Waals surface area contributed by atoms with Gasteiger partial charge in [0.15, 0.2) is 0 Å². The van der Waals surface area contributed by atoms with E-state index in [9.17, 15) is 17.6 Å². The number of sulfonamides is 1. The zero-order valence-corrected chi connectivity index (χ0v) is 18.1. The zero-order valence-electron chi connectivity index (χ0n) is 17.2. The lowest BCUT2D eigenvalue weighted by Gasteiger charge is -2.15. The molecule has 1 aromatic carbocycles. The summed E-state index contributed by atoms with van der Waals surface area (Å²) >= 11 is 0. The number of carbonyl (C=O) groups is 1. The van der Waals surface area contributed by atoms with Gasteiger partial charge in [-0.25, -0.2) is 17.6 Å². The molecule has 1 heterocycles. The Balaban J connectivity index is 1.55. The Bertz CT molecular complexity index is 975. The van der Waals surface area contributed by atoms with Gasteiger partial charge in [-0.2, -0.15) is 0 Å². The van der Waals surface area contributed by atoms with Gasteiger partial charge in [0.05, 0.1) is 24.2 Å². The monoisotopic (exact) mass is 438 g/mol. The van der Waals surface area contributed by atoms with E-state index in [-0.39, 0.29) is 35.5 Å². The van der Waals surface area contributed by atoms with E-state index in [0.717, 1.165) is 37.2 Å². The summed E-state index contributed by atoms with van der Waals surface area (Å²) in [5.41, 5.74) is 1.50. The summed E-state index contributed by atoms with van der Waals surface area (Å²) in [6.07, 6.45) is 4.88. The number of rotatable bonds is 6. The van der Waals surface area contributed by atoms with Crippen molar-refractivity contribution in [3.05, 3.63) is 35.7 Å². The standard InChI is InChI=1S/C20H27FN4O4S/c1-12(2)23-20(26)29-16-6-4-13(8-16)14-9-19(22-11-14)24-18-7-5-15(10-17(18)21)25-30(3,27)28/h5,7,9-10,12-13,16,25H,4,6,8,11H2,1-3H3,(H,22,24)(H,23,26)/t13-,16+/m0/s1. The van der Waals surface area contributed by atoms with Gasteiger partial charge in [-0.3, -0.25) is 9.71 Å². The van der Waals surface area contributed by atoms with Crippen molar-refractivity contribution in [2.45, 2.75) is 45.3 Å². The average Bonchev–Trinajstić information content (AvgIpc) is 3.24. The van der Waals surface area contributed by atoms with Crippen LogP contribution in [0.5, 0.6) is 0 Å². The second-order valence-corrected chi connectivity index (χ2v) is 9.70. The van der Waals surface area contributed by atoms with Gasteiger partial charge in [-0.05, 0) is 62.8 Å². The second-order valence-electron chi connectivity index (χ2n) is 7.95. The molecule has 1 saturated carbocycles. The van der Waals surface area contributed by atoms with Crippen LogP contribution >= 0.6 is 0 Å². The van der Waals surface area contributed by atoms with Crippen LogP contribution in [0.25, 0.3) is 0 Å². The minimum atomic E-state index is -3.47. The highest BCUT2D eigenvalue weighted by molar-refractivity contribution is 7.92. The third-order valence-electron chi connectivity index (χ3n) is 4.88. The largest absolute Gasteiger partial charge is 0.446 e. The summed E-state index contributed by atoms with van der Waals surface area (Å²) in [5, 5.41) is 5.67. The van der Waals surface area contributed by atoms with Gasteiger partial charge in [0.25, 0.3) is 0 Å². The number of aliphatic imine (C=N–C) groups is 1. The SMILES string of the molecule is CC(C)NC(=O)O[C@@H]1CC[C@H](C2=CC(Nc3ccc(NS(C)(=O)=O)cc3F)=NC2)C1. The molecule has 1 aliphatic carbocycles. The van der Waals surface area contributed by atoms with Crippen LogP contribution in [0.4, 0.5) is 20.6 Å². The smallest absolute Gasteiger partial charge is 0.407 e. The van der Waals surface area contributed by atoms with Gasteiger partial charge in [-0.15, -0.1) is 0 Å².